The molecule has 0 aliphatic carbocycles. The van der Waals surface area contributed by atoms with Gasteiger partial charge in [-0.1, -0.05) is 291 Å². The third kappa shape index (κ3) is 12.2. The van der Waals surface area contributed by atoms with Crippen LogP contribution in [0, 0.1) is 0 Å². The lowest BCUT2D eigenvalue weighted by Crippen LogP contribution is -2.00. The van der Waals surface area contributed by atoms with Crippen molar-refractivity contribution in [1.29, 1.82) is 0 Å². The Morgan fingerprint density at radius 1 is 0.189 bits per heavy atom. The summed E-state index contributed by atoms with van der Waals surface area (Å²) in [7, 11) is 0. The summed E-state index contributed by atoms with van der Waals surface area (Å²) < 4.78 is 4.87. The maximum atomic E-state index is 5.16. The molecule has 0 saturated carbocycles. The zero-order valence-electron chi connectivity index (χ0n) is 56.8. The average molecular weight is 1390 g/mol. The molecule has 106 heavy (non-hydrogen) atoms. The van der Waals surface area contributed by atoms with Gasteiger partial charge < -0.3 is 0 Å². The molecule has 0 amide bonds. The van der Waals surface area contributed by atoms with Crippen LogP contribution in [-0.4, -0.2) is 49.8 Å². The summed E-state index contributed by atoms with van der Waals surface area (Å²) in [5.74, 6) is 3.79. The maximum absolute atomic E-state index is 5.16. The quantitative estimate of drug-likeness (QED) is 0.117. The van der Waals surface area contributed by atoms with Crippen molar-refractivity contribution < 1.29 is 0 Å². The standard InChI is InChI=1S/2C47H29N5S/c1-3-10-30(11-4-1)31-20-24-35(25-21-31)46-50-45(34-12-5-2-6-13-34)51-47(52-46)37-15-9-14-36(28-37)32-18-22-33(23-19-32)43-44-42(38-26-27-48-29-40(38)49-43)39-16-7-8-17-41(39)53-44;1-3-10-30(11-4-1)31-20-24-35(25-21-31)46-50-45(34-12-5-2-6-13-34)51-47(52-46)37-15-9-14-36(28-37)32-18-22-33(23-19-32)43-44-42(38-16-7-8-17-41(38)53-44)39-29-48-27-26-40(39)49-43/h2*1-29H. The molecule has 0 fully saturated rings. The van der Waals surface area contributed by atoms with Gasteiger partial charge in [0.2, 0.25) is 0 Å². The summed E-state index contributed by atoms with van der Waals surface area (Å²) in [6, 6.07) is 113. The molecule has 0 aliphatic heterocycles. The smallest absolute Gasteiger partial charge is 0.164 e. The lowest BCUT2D eigenvalue weighted by Gasteiger charge is -2.11. The lowest BCUT2D eigenvalue weighted by atomic mass is 9.99. The number of rotatable bonds is 12. The van der Waals surface area contributed by atoms with Crippen molar-refractivity contribution >= 4 is 84.8 Å². The van der Waals surface area contributed by atoms with Gasteiger partial charge in [-0.05, 0) is 80.9 Å². The summed E-state index contributed by atoms with van der Waals surface area (Å²) in [5.41, 5.74) is 20.5. The molecule has 20 rings (SSSR count). The van der Waals surface area contributed by atoms with Gasteiger partial charge in [-0.25, -0.2) is 39.9 Å². The number of aromatic nitrogens is 10. The van der Waals surface area contributed by atoms with Gasteiger partial charge in [-0.3, -0.25) is 9.97 Å². The summed E-state index contributed by atoms with van der Waals surface area (Å²) in [6.07, 6.45) is 7.46. The fourth-order valence-corrected chi connectivity index (χ4v) is 16.4. The number of thiophene rings is 2. The minimum atomic E-state index is 0.626. The Bertz CT molecular complexity index is 6250. The molecule has 0 N–H and O–H groups in total. The highest BCUT2D eigenvalue weighted by Gasteiger charge is 2.21. The highest BCUT2D eigenvalue weighted by Crippen LogP contribution is 2.45. The first kappa shape index (κ1) is 63.2. The van der Waals surface area contributed by atoms with E-state index < -0.39 is 0 Å². The van der Waals surface area contributed by atoms with Gasteiger partial charge in [-0.2, -0.15) is 0 Å². The van der Waals surface area contributed by atoms with Crippen molar-refractivity contribution in [3.8, 4) is 135 Å². The second kappa shape index (κ2) is 27.5. The van der Waals surface area contributed by atoms with Crippen LogP contribution in [-0.2, 0) is 0 Å². The van der Waals surface area contributed by atoms with Crippen molar-refractivity contribution in [2.45, 2.75) is 0 Å². The summed E-state index contributed by atoms with van der Waals surface area (Å²) in [5, 5.41) is 7.16. The minimum absolute atomic E-state index is 0.626. The van der Waals surface area contributed by atoms with Crippen LogP contribution in [0.15, 0.2) is 352 Å². The highest BCUT2D eigenvalue weighted by atomic mass is 32.1. The molecule has 0 atom stereocenters. The van der Waals surface area contributed by atoms with Crippen LogP contribution in [0.4, 0.5) is 0 Å². The molecule has 0 radical (unpaired) electrons. The van der Waals surface area contributed by atoms with Crippen LogP contribution in [0.5, 0.6) is 0 Å². The van der Waals surface area contributed by atoms with Gasteiger partial charge in [0.25, 0.3) is 0 Å². The van der Waals surface area contributed by atoms with E-state index >= 15 is 0 Å². The van der Waals surface area contributed by atoms with E-state index in [-0.39, 0.29) is 0 Å². The predicted molar refractivity (Wildman–Crippen MR) is 437 cm³/mol. The number of benzene rings is 12. The molecule has 496 valence electrons. The van der Waals surface area contributed by atoms with Crippen molar-refractivity contribution in [3.05, 3.63) is 352 Å². The Labute approximate surface area is 618 Å². The number of hydrogen-bond acceptors (Lipinski definition) is 12. The molecular weight excluding hydrogens is 1330 g/mol. The predicted octanol–water partition coefficient (Wildman–Crippen LogP) is 24.4. The fraction of sp³-hybridized carbons (Fsp3) is 0. The van der Waals surface area contributed by atoms with Gasteiger partial charge in [0.15, 0.2) is 34.9 Å². The van der Waals surface area contributed by atoms with Crippen molar-refractivity contribution in [3.63, 3.8) is 0 Å². The summed E-state index contributed by atoms with van der Waals surface area (Å²) in [4.78, 5) is 49.0. The summed E-state index contributed by atoms with van der Waals surface area (Å²) in [6.45, 7) is 0. The molecule has 8 heterocycles. The molecule has 0 bridgehead atoms. The Kier molecular flexibility index (Phi) is 16.4. The molecule has 10 nitrogen and oxygen atoms in total. The largest absolute Gasteiger partial charge is 0.264 e. The lowest BCUT2D eigenvalue weighted by molar-refractivity contribution is 1.07. The summed E-state index contributed by atoms with van der Waals surface area (Å²) >= 11 is 3.58. The van der Waals surface area contributed by atoms with E-state index in [9.17, 15) is 0 Å². The third-order valence-corrected chi connectivity index (χ3v) is 21.6. The molecule has 12 aromatic carbocycles. The van der Waals surface area contributed by atoms with Crippen molar-refractivity contribution in [2.75, 3.05) is 0 Å². The number of hydrogen-bond donors (Lipinski definition) is 0. The zero-order valence-corrected chi connectivity index (χ0v) is 58.4. The van der Waals surface area contributed by atoms with Gasteiger partial charge >= 0.3 is 0 Å². The van der Waals surface area contributed by atoms with Gasteiger partial charge in [-0.15, -0.1) is 22.7 Å². The van der Waals surface area contributed by atoms with E-state index in [4.69, 9.17) is 39.9 Å². The van der Waals surface area contributed by atoms with Crippen molar-refractivity contribution in [1.82, 2.24) is 49.8 Å². The number of fused-ring (bicyclic) bond motifs is 10. The fourth-order valence-electron chi connectivity index (χ4n) is 14.0. The average Bonchev–Trinajstić information content (AvgIpc) is 1.59. The Hall–Kier alpha value is -13.8. The van der Waals surface area contributed by atoms with Crippen LogP contribution in [0.2, 0.25) is 0 Å². The van der Waals surface area contributed by atoms with E-state index in [1.54, 1.807) is 22.7 Å². The van der Waals surface area contributed by atoms with E-state index in [0.717, 1.165) is 111 Å². The zero-order chi connectivity index (χ0) is 70.3. The molecule has 0 spiro atoms. The van der Waals surface area contributed by atoms with E-state index in [1.165, 1.54) is 51.5 Å². The van der Waals surface area contributed by atoms with Crippen LogP contribution in [0.25, 0.3) is 197 Å². The van der Waals surface area contributed by atoms with Gasteiger partial charge in [0.1, 0.15) is 0 Å². The van der Waals surface area contributed by atoms with Crippen LogP contribution >= 0.6 is 22.7 Å². The normalized spacial score (nSPS) is 11.4. The first-order chi connectivity index (χ1) is 52.5. The monoisotopic (exact) mass is 1390 g/mol. The van der Waals surface area contributed by atoms with Crippen LogP contribution in [0.3, 0.4) is 0 Å². The number of pyridine rings is 4. The molecule has 0 saturated heterocycles. The topological polar surface area (TPSA) is 129 Å². The molecule has 0 aliphatic rings. The van der Waals surface area contributed by atoms with E-state index in [2.05, 4.69) is 259 Å². The Morgan fingerprint density at radius 2 is 0.491 bits per heavy atom. The first-order valence-electron chi connectivity index (χ1n) is 35.0. The Balaban J connectivity index is 0.000000145. The molecule has 20 aromatic rings. The number of nitrogens with zero attached hydrogens (tertiary/aromatic N) is 10. The van der Waals surface area contributed by atoms with Crippen LogP contribution in [0.1, 0.15) is 0 Å². The third-order valence-electron chi connectivity index (χ3n) is 19.3. The van der Waals surface area contributed by atoms with Crippen LogP contribution < -0.4 is 0 Å². The SMILES string of the molecule is c1ccc(-c2ccc(-c3nc(-c4ccccc4)nc(-c4cccc(-c5ccc(-c6nc7ccncc7c7c6sc6ccccc67)cc5)c4)n3)cc2)cc1.c1ccc(-c2ccc(-c3nc(-c4ccccc4)nc(-c4cccc(-c5ccc(-c6nc7cnccc7c7c6sc6ccccc67)cc5)c4)n3)cc2)cc1. The van der Waals surface area contributed by atoms with Crippen molar-refractivity contribution in [2.24, 2.45) is 0 Å². The molecule has 12 heteroatoms. The molecule has 0 unspecified atom stereocenters. The first-order valence-corrected chi connectivity index (χ1v) is 36.6. The minimum Gasteiger partial charge on any atom is -0.264 e. The molecule has 8 aromatic heterocycles. The van der Waals surface area contributed by atoms with E-state index in [0.29, 0.717) is 34.9 Å². The van der Waals surface area contributed by atoms with Gasteiger partial charge in [0, 0.05) is 105 Å². The highest BCUT2D eigenvalue weighted by molar-refractivity contribution is 7.27. The molecular formula is C94H58N10S2. The second-order valence-electron chi connectivity index (χ2n) is 25.9. The van der Waals surface area contributed by atoms with E-state index in [1.807, 2.05) is 104 Å². The second-order valence-corrected chi connectivity index (χ2v) is 28.0. The van der Waals surface area contributed by atoms with Gasteiger partial charge in [0.05, 0.1) is 38.0 Å². The maximum Gasteiger partial charge on any atom is 0.164 e. The Morgan fingerprint density at radius 3 is 0.934 bits per heavy atom.